The van der Waals surface area contributed by atoms with Crippen molar-refractivity contribution in [3.05, 3.63) is 70.2 Å². The fraction of sp³-hybridized carbons (Fsp3) is 0.235. The summed E-state index contributed by atoms with van der Waals surface area (Å²) in [4.78, 5) is 11.4. The number of halogens is 1. The van der Waals surface area contributed by atoms with E-state index in [9.17, 15) is 4.79 Å². The summed E-state index contributed by atoms with van der Waals surface area (Å²) in [6.45, 7) is 0. The van der Waals surface area contributed by atoms with Crippen molar-refractivity contribution in [1.29, 1.82) is 0 Å². The van der Waals surface area contributed by atoms with Crippen LogP contribution in [0.2, 0.25) is 5.02 Å². The topological polar surface area (TPSA) is 26.3 Å². The molecular weight excluding hydrogens is 272 g/mol. The highest BCUT2D eigenvalue weighted by Gasteiger charge is 2.09. The summed E-state index contributed by atoms with van der Waals surface area (Å²) in [5.41, 5.74) is 3.36. The Hall–Kier alpha value is -1.80. The maximum atomic E-state index is 11.4. The molecule has 104 valence electrons. The number of rotatable bonds is 5. The Morgan fingerprint density at radius 3 is 2.50 bits per heavy atom. The number of carbonyl (C=O) groups excluding carboxylic acids is 1. The van der Waals surface area contributed by atoms with Crippen molar-refractivity contribution in [2.75, 3.05) is 7.11 Å². The number of benzene rings is 2. The van der Waals surface area contributed by atoms with Gasteiger partial charge >= 0.3 is 5.97 Å². The molecule has 0 spiro atoms. The van der Waals surface area contributed by atoms with Gasteiger partial charge in [-0.3, -0.25) is 4.79 Å². The summed E-state index contributed by atoms with van der Waals surface area (Å²) >= 11 is 6.05. The minimum absolute atomic E-state index is 0.228. The van der Waals surface area contributed by atoms with Gasteiger partial charge in [-0.25, -0.2) is 0 Å². The van der Waals surface area contributed by atoms with Gasteiger partial charge in [-0.2, -0.15) is 0 Å². The molecule has 0 aliphatic rings. The Morgan fingerprint density at radius 2 is 1.80 bits per heavy atom. The van der Waals surface area contributed by atoms with Crippen LogP contribution in [-0.4, -0.2) is 13.1 Å². The zero-order valence-corrected chi connectivity index (χ0v) is 12.2. The standard InChI is InChI=1S/C17H17ClO2/c1-20-17(19)12-15-9-10-16(18)11-14(15)8-7-13-5-3-2-4-6-13/h2-6,9-11H,7-8,12H2,1H3. The van der Waals surface area contributed by atoms with Gasteiger partial charge in [0.05, 0.1) is 13.5 Å². The van der Waals surface area contributed by atoms with Gasteiger partial charge in [-0.05, 0) is 41.7 Å². The van der Waals surface area contributed by atoms with Crippen molar-refractivity contribution < 1.29 is 9.53 Å². The van der Waals surface area contributed by atoms with Gasteiger partial charge in [-0.1, -0.05) is 48.0 Å². The van der Waals surface area contributed by atoms with Crippen LogP contribution in [0.5, 0.6) is 0 Å². The zero-order chi connectivity index (χ0) is 14.4. The molecule has 0 saturated carbocycles. The van der Waals surface area contributed by atoms with E-state index in [1.165, 1.54) is 12.7 Å². The molecule has 0 radical (unpaired) electrons. The molecule has 0 aliphatic heterocycles. The van der Waals surface area contributed by atoms with Gasteiger partial charge in [0.25, 0.3) is 0 Å². The Bertz CT molecular complexity index is 579. The van der Waals surface area contributed by atoms with Crippen molar-refractivity contribution in [2.45, 2.75) is 19.3 Å². The molecule has 0 aliphatic carbocycles. The van der Waals surface area contributed by atoms with Crippen LogP contribution in [0.25, 0.3) is 0 Å². The lowest BCUT2D eigenvalue weighted by atomic mass is 9.98. The summed E-state index contributed by atoms with van der Waals surface area (Å²) in [5.74, 6) is -0.228. The highest BCUT2D eigenvalue weighted by Crippen LogP contribution is 2.19. The number of carbonyl (C=O) groups is 1. The minimum atomic E-state index is -0.228. The monoisotopic (exact) mass is 288 g/mol. The van der Waals surface area contributed by atoms with Gasteiger partial charge in [0, 0.05) is 5.02 Å². The van der Waals surface area contributed by atoms with E-state index in [0.717, 1.165) is 24.0 Å². The van der Waals surface area contributed by atoms with Gasteiger partial charge in [0.15, 0.2) is 0 Å². The molecule has 0 saturated heterocycles. The molecule has 20 heavy (non-hydrogen) atoms. The fourth-order valence-electron chi connectivity index (χ4n) is 2.15. The summed E-state index contributed by atoms with van der Waals surface area (Å²) in [6.07, 6.45) is 2.07. The van der Waals surface area contributed by atoms with E-state index in [2.05, 4.69) is 12.1 Å². The zero-order valence-electron chi connectivity index (χ0n) is 11.4. The van der Waals surface area contributed by atoms with Gasteiger partial charge in [0.1, 0.15) is 0 Å². The van der Waals surface area contributed by atoms with Crippen LogP contribution in [0.3, 0.4) is 0 Å². The maximum absolute atomic E-state index is 11.4. The van der Waals surface area contributed by atoms with Crippen molar-refractivity contribution in [2.24, 2.45) is 0 Å². The van der Waals surface area contributed by atoms with E-state index in [-0.39, 0.29) is 12.4 Å². The van der Waals surface area contributed by atoms with Crippen molar-refractivity contribution in [1.82, 2.24) is 0 Å². The lowest BCUT2D eigenvalue weighted by Crippen LogP contribution is -2.07. The summed E-state index contributed by atoms with van der Waals surface area (Å²) < 4.78 is 4.73. The molecule has 2 aromatic rings. The normalized spacial score (nSPS) is 10.3. The van der Waals surface area contributed by atoms with Crippen LogP contribution >= 0.6 is 11.6 Å². The molecule has 2 aromatic carbocycles. The molecule has 0 aromatic heterocycles. The highest BCUT2D eigenvalue weighted by molar-refractivity contribution is 6.30. The van der Waals surface area contributed by atoms with Gasteiger partial charge in [0.2, 0.25) is 0 Å². The van der Waals surface area contributed by atoms with E-state index in [1.807, 2.05) is 36.4 Å². The molecule has 3 heteroatoms. The third-order valence-corrected chi connectivity index (χ3v) is 3.49. The van der Waals surface area contributed by atoms with E-state index in [1.54, 1.807) is 0 Å². The van der Waals surface area contributed by atoms with Crippen LogP contribution < -0.4 is 0 Å². The van der Waals surface area contributed by atoms with Crippen LogP contribution in [0, 0.1) is 0 Å². The first-order valence-electron chi connectivity index (χ1n) is 6.57. The second-order valence-electron chi connectivity index (χ2n) is 4.65. The molecule has 0 heterocycles. The lowest BCUT2D eigenvalue weighted by Gasteiger charge is -2.09. The predicted octanol–water partition coefficient (Wildman–Crippen LogP) is 3.84. The molecule has 0 amide bonds. The van der Waals surface area contributed by atoms with E-state index in [0.29, 0.717) is 5.02 Å². The van der Waals surface area contributed by atoms with Crippen molar-refractivity contribution in [3.8, 4) is 0 Å². The molecule has 0 unspecified atom stereocenters. The van der Waals surface area contributed by atoms with Crippen molar-refractivity contribution in [3.63, 3.8) is 0 Å². The summed E-state index contributed by atoms with van der Waals surface area (Å²) in [7, 11) is 1.40. The highest BCUT2D eigenvalue weighted by atomic mass is 35.5. The molecule has 2 rings (SSSR count). The van der Waals surface area contributed by atoms with Crippen LogP contribution in [0.1, 0.15) is 16.7 Å². The number of hydrogen-bond donors (Lipinski definition) is 0. The quantitative estimate of drug-likeness (QED) is 0.782. The van der Waals surface area contributed by atoms with E-state index in [4.69, 9.17) is 16.3 Å². The third-order valence-electron chi connectivity index (χ3n) is 3.26. The lowest BCUT2D eigenvalue weighted by molar-refractivity contribution is -0.139. The van der Waals surface area contributed by atoms with E-state index < -0.39 is 0 Å². The van der Waals surface area contributed by atoms with E-state index >= 15 is 0 Å². The average molecular weight is 289 g/mol. The molecule has 0 fully saturated rings. The van der Waals surface area contributed by atoms with Crippen LogP contribution in [0.4, 0.5) is 0 Å². The molecule has 2 nitrogen and oxygen atoms in total. The Labute approximate surface area is 124 Å². The largest absolute Gasteiger partial charge is 0.469 e. The predicted molar refractivity (Wildman–Crippen MR) is 81.0 cm³/mol. The SMILES string of the molecule is COC(=O)Cc1ccc(Cl)cc1CCc1ccccc1. The van der Waals surface area contributed by atoms with Crippen LogP contribution in [0.15, 0.2) is 48.5 Å². The average Bonchev–Trinajstić information content (AvgIpc) is 2.48. The second-order valence-corrected chi connectivity index (χ2v) is 5.09. The molecule has 0 N–H and O–H groups in total. The second kappa shape index (κ2) is 7.11. The molecule has 0 atom stereocenters. The maximum Gasteiger partial charge on any atom is 0.309 e. The molecule has 0 bridgehead atoms. The third kappa shape index (κ3) is 4.10. The minimum Gasteiger partial charge on any atom is -0.469 e. The number of ether oxygens (including phenoxy) is 1. The fourth-order valence-corrected chi connectivity index (χ4v) is 2.35. The smallest absolute Gasteiger partial charge is 0.309 e. The van der Waals surface area contributed by atoms with Crippen LogP contribution in [-0.2, 0) is 28.8 Å². The number of aryl methyl sites for hydroxylation is 2. The number of hydrogen-bond acceptors (Lipinski definition) is 2. The van der Waals surface area contributed by atoms with Crippen molar-refractivity contribution >= 4 is 17.6 Å². The molecular formula is C17H17ClO2. The summed E-state index contributed by atoms with van der Waals surface area (Å²) in [6, 6.07) is 15.9. The number of esters is 1. The first kappa shape index (κ1) is 14.6. The first-order valence-corrected chi connectivity index (χ1v) is 6.95. The van der Waals surface area contributed by atoms with Gasteiger partial charge in [-0.15, -0.1) is 0 Å². The Kier molecular flexibility index (Phi) is 5.19. The first-order chi connectivity index (χ1) is 9.69. The Morgan fingerprint density at radius 1 is 1.05 bits per heavy atom. The van der Waals surface area contributed by atoms with Gasteiger partial charge < -0.3 is 4.74 Å². The Balaban J connectivity index is 2.13. The summed E-state index contributed by atoms with van der Waals surface area (Å²) in [5, 5.41) is 0.696. The number of methoxy groups -OCH3 is 1.